The zero-order chi connectivity index (χ0) is 20.2. The number of esters is 1. The van der Waals surface area contributed by atoms with Crippen LogP contribution >= 0.6 is 0 Å². The molecule has 1 heterocycles. The summed E-state index contributed by atoms with van der Waals surface area (Å²) in [6.07, 6.45) is 9.39. The molecule has 4 heteroatoms. The maximum atomic E-state index is 11.9. The number of carbonyl (C=O) groups excluding carboxylic acids is 2. The fraction of sp³-hybridized carbons (Fsp3) is 0.667. The number of unbranched alkanes of at least 4 members (excludes halogenated alkanes) is 1. The molecule has 1 saturated heterocycles. The molecule has 4 nitrogen and oxygen atoms in total. The molecule has 0 amide bonds. The number of ketones is 1. The summed E-state index contributed by atoms with van der Waals surface area (Å²) < 4.78 is 5.35. The highest BCUT2D eigenvalue weighted by atomic mass is 16.5. The summed E-state index contributed by atoms with van der Waals surface area (Å²) in [4.78, 5) is 25.9. The third kappa shape index (κ3) is 8.55. The summed E-state index contributed by atoms with van der Waals surface area (Å²) >= 11 is 0. The number of hydrogen-bond acceptors (Lipinski definition) is 4. The van der Waals surface area contributed by atoms with Crippen LogP contribution in [0.15, 0.2) is 24.3 Å². The smallest absolute Gasteiger partial charge is 0.306 e. The van der Waals surface area contributed by atoms with Crippen LogP contribution in [0.2, 0.25) is 0 Å². The number of benzene rings is 1. The molecule has 2 rings (SSSR count). The summed E-state index contributed by atoms with van der Waals surface area (Å²) in [5.74, 6) is -0.0925. The summed E-state index contributed by atoms with van der Waals surface area (Å²) in [6, 6.07) is 8.40. The third-order valence-corrected chi connectivity index (χ3v) is 5.83. The van der Waals surface area contributed by atoms with Crippen molar-refractivity contribution in [1.82, 2.24) is 4.90 Å². The zero-order valence-corrected chi connectivity index (χ0v) is 17.8. The van der Waals surface area contributed by atoms with Crippen LogP contribution < -0.4 is 0 Å². The Hall–Kier alpha value is -1.68. The number of nitrogens with zero attached hydrogens (tertiary/aromatic N) is 1. The zero-order valence-electron chi connectivity index (χ0n) is 17.8. The molecule has 0 saturated carbocycles. The molecule has 156 valence electrons. The highest BCUT2D eigenvalue weighted by Gasteiger charge is 2.14. The molecule has 1 unspecified atom stereocenters. The summed E-state index contributed by atoms with van der Waals surface area (Å²) in [6.45, 7) is 7.67. The van der Waals surface area contributed by atoms with Crippen molar-refractivity contribution in [3.8, 4) is 0 Å². The van der Waals surface area contributed by atoms with Gasteiger partial charge in [-0.05, 0) is 82.6 Å². The SMILES string of the molecule is CCC(CCC(=O)OCc1ccc(CCCCN2CCCCC2)cc1)C(C)=O. The van der Waals surface area contributed by atoms with Gasteiger partial charge < -0.3 is 9.64 Å². The molecule has 1 fully saturated rings. The van der Waals surface area contributed by atoms with Crippen LogP contribution in [0.4, 0.5) is 0 Å². The Morgan fingerprint density at radius 1 is 1.04 bits per heavy atom. The van der Waals surface area contributed by atoms with Gasteiger partial charge in [-0.25, -0.2) is 0 Å². The van der Waals surface area contributed by atoms with Crippen molar-refractivity contribution >= 4 is 11.8 Å². The lowest BCUT2D eigenvalue weighted by molar-refractivity contribution is -0.145. The number of piperidine rings is 1. The lowest BCUT2D eigenvalue weighted by Crippen LogP contribution is -2.30. The van der Waals surface area contributed by atoms with Gasteiger partial charge in [0.25, 0.3) is 0 Å². The first kappa shape index (κ1) is 22.6. The van der Waals surface area contributed by atoms with E-state index in [1.54, 1.807) is 6.92 Å². The van der Waals surface area contributed by atoms with E-state index in [1.807, 2.05) is 6.92 Å². The minimum absolute atomic E-state index is 0.0262. The van der Waals surface area contributed by atoms with Crippen molar-refractivity contribution in [2.45, 2.75) is 78.2 Å². The van der Waals surface area contributed by atoms with Crippen LogP contribution in [0, 0.1) is 5.92 Å². The van der Waals surface area contributed by atoms with Crippen molar-refractivity contribution in [3.63, 3.8) is 0 Å². The highest BCUT2D eigenvalue weighted by Crippen LogP contribution is 2.14. The Kier molecular flexibility index (Phi) is 10.3. The minimum Gasteiger partial charge on any atom is -0.461 e. The van der Waals surface area contributed by atoms with Gasteiger partial charge in [0.1, 0.15) is 12.4 Å². The van der Waals surface area contributed by atoms with Gasteiger partial charge in [-0.1, -0.05) is 37.6 Å². The first-order valence-corrected chi connectivity index (χ1v) is 11.0. The first-order valence-electron chi connectivity index (χ1n) is 11.0. The van der Waals surface area contributed by atoms with E-state index in [4.69, 9.17) is 4.74 Å². The van der Waals surface area contributed by atoms with Gasteiger partial charge in [0.05, 0.1) is 0 Å². The molecule has 0 N–H and O–H groups in total. The quantitative estimate of drug-likeness (QED) is 0.377. The van der Waals surface area contributed by atoms with E-state index >= 15 is 0 Å². The van der Waals surface area contributed by atoms with E-state index in [9.17, 15) is 9.59 Å². The van der Waals surface area contributed by atoms with E-state index in [0.717, 1.165) is 18.4 Å². The van der Waals surface area contributed by atoms with E-state index in [0.29, 0.717) is 19.4 Å². The summed E-state index contributed by atoms with van der Waals surface area (Å²) in [5.41, 5.74) is 2.37. The van der Waals surface area contributed by atoms with Gasteiger partial charge in [0.15, 0.2) is 0 Å². The van der Waals surface area contributed by atoms with Crippen molar-refractivity contribution in [3.05, 3.63) is 35.4 Å². The Balaban J connectivity index is 1.61. The molecular formula is C24H37NO3. The van der Waals surface area contributed by atoms with Crippen molar-refractivity contribution in [2.24, 2.45) is 5.92 Å². The van der Waals surface area contributed by atoms with E-state index in [2.05, 4.69) is 29.2 Å². The average molecular weight is 388 g/mol. The Morgan fingerprint density at radius 2 is 1.71 bits per heavy atom. The molecular weight excluding hydrogens is 350 g/mol. The fourth-order valence-corrected chi connectivity index (χ4v) is 3.87. The molecule has 1 aromatic carbocycles. The van der Waals surface area contributed by atoms with Crippen LogP contribution in [0.3, 0.4) is 0 Å². The normalized spacial score (nSPS) is 15.9. The second-order valence-electron chi connectivity index (χ2n) is 8.09. The predicted molar refractivity (Wildman–Crippen MR) is 113 cm³/mol. The number of likely N-dealkylation sites (tertiary alicyclic amines) is 1. The van der Waals surface area contributed by atoms with Crippen LogP contribution in [0.5, 0.6) is 0 Å². The van der Waals surface area contributed by atoms with E-state index in [-0.39, 0.29) is 17.7 Å². The second-order valence-corrected chi connectivity index (χ2v) is 8.09. The van der Waals surface area contributed by atoms with E-state index < -0.39 is 0 Å². The maximum Gasteiger partial charge on any atom is 0.306 e. The van der Waals surface area contributed by atoms with Crippen LogP contribution in [0.25, 0.3) is 0 Å². The number of rotatable bonds is 12. The standard InChI is InChI=1S/C24H37NO3/c1-3-23(20(2)26)14-15-24(27)28-19-22-12-10-21(11-13-22)9-5-8-18-25-16-6-4-7-17-25/h10-13,23H,3-9,14-19H2,1-2H3. The summed E-state index contributed by atoms with van der Waals surface area (Å²) in [5, 5.41) is 0. The predicted octanol–water partition coefficient (Wildman–Crippen LogP) is 4.93. The second kappa shape index (κ2) is 12.7. The lowest BCUT2D eigenvalue weighted by atomic mass is 9.96. The molecule has 28 heavy (non-hydrogen) atoms. The Bertz CT molecular complexity index is 590. The number of hydrogen-bond donors (Lipinski definition) is 0. The van der Waals surface area contributed by atoms with Gasteiger partial charge in [-0.15, -0.1) is 0 Å². The molecule has 1 aliphatic rings. The third-order valence-electron chi connectivity index (χ3n) is 5.83. The molecule has 1 aliphatic heterocycles. The minimum atomic E-state index is -0.221. The van der Waals surface area contributed by atoms with Crippen LogP contribution in [-0.4, -0.2) is 36.3 Å². The van der Waals surface area contributed by atoms with E-state index in [1.165, 1.54) is 57.3 Å². The largest absolute Gasteiger partial charge is 0.461 e. The molecule has 0 bridgehead atoms. The Labute approximate surface area is 170 Å². The van der Waals surface area contributed by atoms with Gasteiger partial charge in [0.2, 0.25) is 0 Å². The van der Waals surface area contributed by atoms with Crippen molar-refractivity contribution in [1.29, 1.82) is 0 Å². The fourth-order valence-electron chi connectivity index (χ4n) is 3.87. The topological polar surface area (TPSA) is 46.6 Å². The number of ether oxygens (including phenoxy) is 1. The van der Waals surface area contributed by atoms with Crippen molar-refractivity contribution < 1.29 is 14.3 Å². The Morgan fingerprint density at radius 3 is 2.36 bits per heavy atom. The average Bonchev–Trinajstić information content (AvgIpc) is 2.71. The van der Waals surface area contributed by atoms with Gasteiger partial charge >= 0.3 is 5.97 Å². The van der Waals surface area contributed by atoms with Crippen LogP contribution in [0.1, 0.15) is 76.3 Å². The molecule has 0 spiro atoms. The maximum absolute atomic E-state index is 11.9. The monoisotopic (exact) mass is 387 g/mol. The molecule has 1 atom stereocenters. The molecule has 0 aromatic heterocycles. The first-order chi connectivity index (χ1) is 13.6. The lowest BCUT2D eigenvalue weighted by Gasteiger charge is -2.26. The van der Waals surface area contributed by atoms with Crippen LogP contribution in [-0.2, 0) is 27.4 Å². The van der Waals surface area contributed by atoms with Crippen molar-refractivity contribution in [2.75, 3.05) is 19.6 Å². The number of Topliss-reactive ketones (excluding diaryl/α,β-unsaturated/α-hetero) is 1. The molecule has 0 aliphatic carbocycles. The number of carbonyl (C=O) groups is 2. The van der Waals surface area contributed by atoms with Gasteiger partial charge in [0, 0.05) is 12.3 Å². The molecule has 1 aromatic rings. The van der Waals surface area contributed by atoms with Gasteiger partial charge in [-0.3, -0.25) is 9.59 Å². The summed E-state index contributed by atoms with van der Waals surface area (Å²) in [7, 11) is 0. The molecule has 0 radical (unpaired) electrons. The van der Waals surface area contributed by atoms with Gasteiger partial charge in [-0.2, -0.15) is 0 Å². The highest BCUT2D eigenvalue weighted by molar-refractivity contribution is 5.79. The number of aryl methyl sites for hydroxylation is 1.